The minimum atomic E-state index is -0.537. The van der Waals surface area contributed by atoms with Gasteiger partial charge in [0.15, 0.2) is 11.2 Å². The Kier molecular flexibility index (Phi) is 5.87. The van der Waals surface area contributed by atoms with Crippen molar-refractivity contribution >= 4 is 68.5 Å². The first-order valence-electron chi connectivity index (χ1n) is 7.81. The summed E-state index contributed by atoms with van der Waals surface area (Å²) in [4.78, 5) is 40.6. The molecule has 2 aromatic heterocycles. The smallest absolute Gasteiger partial charge is 0.332 e. The Hall–Kier alpha value is -2.23. The molecule has 0 bridgehead atoms. The van der Waals surface area contributed by atoms with Crippen LogP contribution in [0.25, 0.3) is 11.2 Å². The van der Waals surface area contributed by atoms with Crippen molar-refractivity contribution in [3.63, 3.8) is 0 Å². The van der Waals surface area contributed by atoms with Gasteiger partial charge in [0.25, 0.3) is 11.5 Å². The van der Waals surface area contributed by atoms with Crippen molar-refractivity contribution in [1.82, 2.24) is 24.1 Å². The summed E-state index contributed by atoms with van der Waals surface area (Å²) in [5.41, 5.74) is 2.13. The molecule has 0 saturated heterocycles. The molecular formula is C16H14I2N6O4. The van der Waals surface area contributed by atoms with Crippen LogP contribution < -0.4 is 16.7 Å². The van der Waals surface area contributed by atoms with Gasteiger partial charge in [-0.25, -0.2) is 15.2 Å². The standard InChI is InChI=1S/C16H14I2N6O4/c1-22-14-12(15(27)23(2)16(22)28)24(7-19-14)6-11(25)21-20-5-8-3-9(17)4-10(18)13(8)26/h3-5,7,26H,6H2,1-2H3,(H,21,25). The van der Waals surface area contributed by atoms with Gasteiger partial charge in [-0.3, -0.25) is 18.7 Å². The van der Waals surface area contributed by atoms with E-state index < -0.39 is 17.2 Å². The lowest BCUT2D eigenvalue weighted by Gasteiger charge is -2.06. The number of nitrogens with one attached hydrogen (secondary N) is 1. The first kappa shape index (κ1) is 20.5. The molecule has 0 fully saturated rings. The highest BCUT2D eigenvalue weighted by atomic mass is 127. The predicted molar refractivity (Wildman–Crippen MR) is 119 cm³/mol. The topological polar surface area (TPSA) is 124 Å². The second-order valence-corrected chi connectivity index (χ2v) is 8.28. The van der Waals surface area contributed by atoms with Crippen LogP contribution in [0.15, 0.2) is 33.2 Å². The maximum absolute atomic E-state index is 12.4. The number of hydrogen-bond donors (Lipinski definition) is 2. The van der Waals surface area contributed by atoms with Gasteiger partial charge >= 0.3 is 5.69 Å². The van der Waals surface area contributed by atoms with Crippen molar-refractivity contribution in [2.75, 3.05) is 0 Å². The SMILES string of the molecule is Cn1c(=O)c2c(ncn2CC(=O)NN=Cc2cc(I)cc(I)c2O)n(C)c1=O. The summed E-state index contributed by atoms with van der Waals surface area (Å²) in [5, 5.41) is 13.9. The number of aromatic hydroxyl groups is 1. The van der Waals surface area contributed by atoms with Crippen LogP contribution in [0.2, 0.25) is 0 Å². The van der Waals surface area contributed by atoms with Crippen LogP contribution in [-0.4, -0.2) is 35.9 Å². The maximum Gasteiger partial charge on any atom is 0.332 e. The number of halogens is 2. The number of rotatable bonds is 4. The van der Waals surface area contributed by atoms with E-state index in [1.165, 1.54) is 35.8 Å². The Balaban J connectivity index is 1.81. The molecule has 0 radical (unpaired) electrons. The minimum absolute atomic E-state index is 0.0732. The van der Waals surface area contributed by atoms with Crippen LogP contribution in [0, 0.1) is 7.14 Å². The highest BCUT2D eigenvalue weighted by Gasteiger charge is 2.15. The molecule has 0 aliphatic rings. The third kappa shape index (κ3) is 3.82. The van der Waals surface area contributed by atoms with Gasteiger partial charge in [-0.15, -0.1) is 0 Å². The number of carbonyl (C=O) groups is 1. The number of amides is 1. The average molecular weight is 608 g/mol. The molecule has 0 atom stereocenters. The van der Waals surface area contributed by atoms with Gasteiger partial charge in [-0.2, -0.15) is 5.10 Å². The van der Waals surface area contributed by atoms with Gasteiger partial charge in [0.05, 0.1) is 16.1 Å². The summed E-state index contributed by atoms with van der Waals surface area (Å²) >= 11 is 4.12. The quantitative estimate of drug-likeness (QED) is 0.254. The third-order valence-electron chi connectivity index (χ3n) is 3.98. The fourth-order valence-corrected chi connectivity index (χ4v) is 4.45. The molecule has 2 N–H and O–H groups in total. The Labute approximate surface area is 185 Å². The van der Waals surface area contributed by atoms with Crippen LogP contribution in [0.4, 0.5) is 0 Å². The molecular weight excluding hydrogens is 594 g/mol. The Morgan fingerprint density at radius 2 is 2.00 bits per heavy atom. The molecule has 28 heavy (non-hydrogen) atoms. The Morgan fingerprint density at radius 1 is 1.29 bits per heavy atom. The molecule has 0 saturated carbocycles. The average Bonchev–Trinajstić information content (AvgIpc) is 3.05. The fraction of sp³-hybridized carbons (Fsp3) is 0.188. The summed E-state index contributed by atoms with van der Waals surface area (Å²) in [5.74, 6) is -0.421. The van der Waals surface area contributed by atoms with E-state index >= 15 is 0 Å². The summed E-state index contributed by atoms with van der Waals surface area (Å²) in [6.07, 6.45) is 2.66. The molecule has 2 heterocycles. The van der Waals surface area contributed by atoms with Crippen LogP contribution in [-0.2, 0) is 25.4 Å². The third-order valence-corrected chi connectivity index (χ3v) is 5.43. The maximum atomic E-state index is 12.4. The zero-order valence-electron chi connectivity index (χ0n) is 14.7. The number of carbonyl (C=O) groups excluding carboxylic acids is 1. The fourth-order valence-electron chi connectivity index (χ4n) is 2.57. The number of benzene rings is 1. The largest absolute Gasteiger partial charge is 0.506 e. The van der Waals surface area contributed by atoms with Crippen molar-refractivity contribution in [2.45, 2.75) is 6.54 Å². The first-order chi connectivity index (χ1) is 13.2. The van der Waals surface area contributed by atoms with Gasteiger partial charge in [0.1, 0.15) is 12.3 Å². The van der Waals surface area contributed by atoms with Gasteiger partial charge in [0.2, 0.25) is 0 Å². The predicted octanol–water partition coefficient (Wildman–Crippen LogP) is 0.499. The van der Waals surface area contributed by atoms with E-state index in [-0.39, 0.29) is 23.5 Å². The second-order valence-electron chi connectivity index (χ2n) is 5.87. The molecule has 1 aromatic carbocycles. The van der Waals surface area contributed by atoms with Gasteiger partial charge < -0.3 is 9.67 Å². The van der Waals surface area contributed by atoms with E-state index in [9.17, 15) is 19.5 Å². The number of hydrogen-bond acceptors (Lipinski definition) is 6. The number of aromatic nitrogens is 4. The molecule has 10 nitrogen and oxygen atoms in total. The minimum Gasteiger partial charge on any atom is -0.506 e. The monoisotopic (exact) mass is 608 g/mol. The number of phenolic OH excluding ortho intramolecular Hbond substituents is 1. The van der Waals surface area contributed by atoms with Crippen molar-refractivity contribution in [3.8, 4) is 5.75 Å². The number of phenols is 1. The summed E-state index contributed by atoms with van der Waals surface area (Å²) < 4.78 is 5.14. The van der Waals surface area contributed by atoms with Crippen molar-refractivity contribution in [3.05, 3.63) is 52.0 Å². The molecule has 0 spiro atoms. The summed E-state index contributed by atoms with van der Waals surface area (Å²) in [7, 11) is 2.86. The van der Waals surface area contributed by atoms with E-state index in [1.54, 1.807) is 6.07 Å². The first-order valence-corrected chi connectivity index (χ1v) is 9.97. The van der Waals surface area contributed by atoms with Crippen LogP contribution in [0.3, 0.4) is 0 Å². The van der Waals surface area contributed by atoms with E-state index in [0.717, 1.165) is 8.14 Å². The van der Waals surface area contributed by atoms with Gasteiger partial charge in [-0.1, -0.05) is 0 Å². The molecule has 1 amide bonds. The van der Waals surface area contributed by atoms with E-state index in [1.807, 2.05) is 28.7 Å². The number of imidazole rings is 1. The number of nitrogens with zero attached hydrogens (tertiary/aromatic N) is 5. The normalized spacial score (nSPS) is 11.4. The van der Waals surface area contributed by atoms with Gasteiger partial charge in [0, 0.05) is 23.2 Å². The van der Waals surface area contributed by atoms with Crippen LogP contribution in [0.1, 0.15) is 5.56 Å². The molecule has 3 rings (SSSR count). The molecule has 3 aromatic rings. The summed E-state index contributed by atoms with van der Waals surface area (Å²) in [6.45, 7) is -0.211. The molecule has 0 aliphatic carbocycles. The summed E-state index contributed by atoms with van der Waals surface area (Å²) in [6, 6.07) is 3.53. The molecule has 0 unspecified atom stereocenters. The molecule has 0 aliphatic heterocycles. The van der Waals surface area contributed by atoms with Crippen molar-refractivity contribution < 1.29 is 9.90 Å². The Bertz CT molecular complexity index is 1240. The molecule has 12 heteroatoms. The lowest BCUT2D eigenvalue weighted by molar-refractivity contribution is -0.121. The lowest BCUT2D eigenvalue weighted by Crippen LogP contribution is -2.38. The molecule has 146 valence electrons. The second kappa shape index (κ2) is 8.02. The van der Waals surface area contributed by atoms with Crippen LogP contribution >= 0.6 is 45.2 Å². The van der Waals surface area contributed by atoms with Crippen molar-refractivity contribution in [1.29, 1.82) is 0 Å². The zero-order valence-corrected chi connectivity index (χ0v) is 19.0. The number of fused-ring (bicyclic) bond motifs is 1. The van der Waals surface area contributed by atoms with E-state index in [4.69, 9.17) is 0 Å². The number of aryl methyl sites for hydroxylation is 1. The lowest BCUT2D eigenvalue weighted by atomic mass is 10.2. The highest BCUT2D eigenvalue weighted by molar-refractivity contribution is 14.1. The van der Waals surface area contributed by atoms with Crippen LogP contribution in [0.5, 0.6) is 5.75 Å². The van der Waals surface area contributed by atoms with Gasteiger partial charge in [-0.05, 0) is 57.3 Å². The Morgan fingerprint density at radius 3 is 2.71 bits per heavy atom. The van der Waals surface area contributed by atoms with E-state index in [2.05, 4.69) is 38.1 Å². The van der Waals surface area contributed by atoms with Crippen molar-refractivity contribution in [2.24, 2.45) is 19.2 Å². The highest BCUT2D eigenvalue weighted by Crippen LogP contribution is 2.25. The van der Waals surface area contributed by atoms with E-state index in [0.29, 0.717) is 9.13 Å². The zero-order chi connectivity index (χ0) is 20.6. The number of hydrazone groups is 1.